The highest BCUT2D eigenvalue weighted by molar-refractivity contribution is 5.91. The van der Waals surface area contributed by atoms with Gasteiger partial charge >= 0.3 is 5.63 Å². The van der Waals surface area contributed by atoms with E-state index in [4.69, 9.17) is 9.15 Å². The third kappa shape index (κ3) is 3.31. The van der Waals surface area contributed by atoms with Crippen LogP contribution in [0.3, 0.4) is 0 Å². The zero-order chi connectivity index (χ0) is 17.9. The summed E-state index contributed by atoms with van der Waals surface area (Å²) in [6.45, 7) is -0.143. The van der Waals surface area contributed by atoms with Crippen molar-refractivity contribution < 1.29 is 13.9 Å². The summed E-state index contributed by atoms with van der Waals surface area (Å²) in [5.74, 6) is 0.197. The lowest BCUT2D eigenvalue weighted by molar-refractivity contribution is -0.118. The van der Waals surface area contributed by atoms with Crippen molar-refractivity contribution in [3.8, 4) is 5.75 Å². The number of aromatic nitrogens is 1. The van der Waals surface area contributed by atoms with E-state index in [1.807, 2.05) is 6.07 Å². The first-order chi connectivity index (χ1) is 12.7. The second-order valence-electron chi connectivity index (χ2n) is 6.29. The van der Waals surface area contributed by atoms with Crippen molar-refractivity contribution in [3.63, 3.8) is 0 Å². The van der Waals surface area contributed by atoms with Crippen LogP contribution in [-0.2, 0) is 17.6 Å². The minimum atomic E-state index is -0.287. The number of nitrogens with zero attached hydrogens (tertiary/aromatic N) is 1. The Morgan fingerprint density at radius 2 is 2.04 bits per heavy atom. The van der Waals surface area contributed by atoms with Gasteiger partial charge in [0.25, 0.3) is 5.91 Å². The number of rotatable bonds is 4. The van der Waals surface area contributed by atoms with Crippen LogP contribution in [0.25, 0.3) is 11.0 Å². The lowest BCUT2D eigenvalue weighted by atomic mass is 9.91. The SMILES string of the molecule is O=C(COc1ccc2c3c(c(=O)oc2c1)CCCC3)Nc1cccnc1. The summed E-state index contributed by atoms with van der Waals surface area (Å²) in [5.41, 5.74) is 2.73. The third-order valence-corrected chi connectivity index (χ3v) is 4.51. The Morgan fingerprint density at radius 1 is 1.19 bits per heavy atom. The molecule has 1 aromatic carbocycles. The summed E-state index contributed by atoms with van der Waals surface area (Å²) in [4.78, 5) is 28.1. The van der Waals surface area contributed by atoms with Gasteiger partial charge in [0, 0.05) is 23.2 Å². The van der Waals surface area contributed by atoms with Gasteiger partial charge in [-0.25, -0.2) is 4.79 Å². The highest BCUT2D eigenvalue weighted by atomic mass is 16.5. The average Bonchev–Trinajstić information content (AvgIpc) is 2.67. The average molecular weight is 350 g/mol. The van der Waals surface area contributed by atoms with Crippen molar-refractivity contribution >= 4 is 22.6 Å². The minimum absolute atomic E-state index is 0.143. The number of benzene rings is 1. The molecule has 0 bridgehead atoms. The molecule has 0 unspecified atom stereocenters. The molecule has 0 radical (unpaired) electrons. The molecule has 1 amide bonds. The highest BCUT2D eigenvalue weighted by Gasteiger charge is 2.18. The number of amides is 1. The van der Waals surface area contributed by atoms with Crippen molar-refractivity contribution in [3.05, 3.63) is 64.3 Å². The van der Waals surface area contributed by atoms with Crippen molar-refractivity contribution in [2.75, 3.05) is 11.9 Å². The maximum atomic E-state index is 12.2. The fourth-order valence-corrected chi connectivity index (χ4v) is 3.30. The second kappa shape index (κ2) is 7.00. The van der Waals surface area contributed by atoms with E-state index in [1.165, 1.54) is 0 Å². The molecule has 26 heavy (non-hydrogen) atoms. The molecule has 2 heterocycles. The topological polar surface area (TPSA) is 81.4 Å². The Bertz CT molecular complexity index is 1010. The Kier molecular flexibility index (Phi) is 4.39. The van der Waals surface area contributed by atoms with Crippen LogP contribution < -0.4 is 15.7 Å². The molecule has 6 heteroatoms. The molecule has 0 saturated heterocycles. The molecule has 1 aliphatic rings. The van der Waals surface area contributed by atoms with Gasteiger partial charge in [-0.15, -0.1) is 0 Å². The number of fused-ring (bicyclic) bond motifs is 3. The van der Waals surface area contributed by atoms with Crippen molar-refractivity contribution in [1.82, 2.24) is 4.98 Å². The Balaban J connectivity index is 1.51. The number of anilines is 1. The van der Waals surface area contributed by atoms with E-state index in [9.17, 15) is 9.59 Å². The number of pyridine rings is 1. The van der Waals surface area contributed by atoms with Crippen LogP contribution in [0.4, 0.5) is 5.69 Å². The number of aryl methyl sites for hydroxylation is 1. The molecule has 0 aliphatic heterocycles. The van der Waals surface area contributed by atoms with E-state index >= 15 is 0 Å². The molecule has 2 aromatic heterocycles. The predicted octanol–water partition coefficient (Wildman–Crippen LogP) is 3.08. The first-order valence-electron chi connectivity index (χ1n) is 8.62. The van der Waals surface area contributed by atoms with E-state index in [-0.39, 0.29) is 18.1 Å². The molecule has 4 rings (SSSR count). The molecular formula is C20H18N2O4. The molecule has 6 nitrogen and oxygen atoms in total. The maximum Gasteiger partial charge on any atom is 0.339 e. The fraction of sp³-hybridized carbons (Fsp3) is 0.250. The van der Waals surface area contributed by atoms with Gasteiger partial charge < -0.3 is 14.5 Å². The number of hydrogen-bond donors (Lipinski definition) is 1. The highest BCUT2D eigenvalue weighted by Crippen LogP contribution is 2.29. The Morgan fingerprint density at radius 3 is 2.85 bits per heavy atom. The second-order valence-corrected chi connectivity index (χ2v) is 6.29. The molecule has 0 atom stereocenters. The van der Waals surface area contributed by atoms with Crippen molar-refractivity contribution in [1.29, 1.82) is 0 Å². The lowest BCUT2D eigenvalue weighted by Crippen LogP contribution is -2.20. The van der Waals surface area contributed by atoms with Gasteiger partial charge in [-0.05, 0) is 55.5 Å². The first-order valence-corrected chi connectivity index (χ1v) is 8.62. The zero-order valence-electron chi connectivity index (χ0n) is 14.2. The maximum absolute atomic E-state index is 12.2. The van der Waals surface area contributed by atoms with Crippen LogP contribution in [0.1, 0.15) is 24.0 Å². The summed E-state index contributed by atoms with van der Waals surface area (Å²) < 4.78 is 11.0. The van der Waals surface area contributed by atoms with Crippen LogP contribution >= 0.6 is 0 Å². The molecule has 1 N–H and O–H groups in total. The van der Waals surface area contributed by atoms with E-state index in [2.05, 4.69) is 10.3 Å². The molecule has 1 aliphatic carbocycles. The largest absolute Gasteiger partial charge is 0.484 e. The predicted molar refractivity (Wildman–Crippen MR) is 97.5 cm³/mol. The summed E-state index contributed by atoms with van der Waals surface area (Å²) in [6, 6.07) is 8.86. The van der Waals surface area contributed by atoms with E-state index in [0.717, 1.165) is 42.2 Å². The quantitative estimate of drug-likeness (QED) is 0.731. The summed E-state index contributed by atoms with van der Waals surface area (Å²) in [5, 5.41) is 3.65. The van der Waals surface area contributed by atoms with Gasteiger partial charge in [0.05, 0.1) is 11.9 Å². The van der Waals surface area contributed by atoms with Crippen molar-refractivity contribution in [2.24, 2.45) is 0 Å². The molecule has 3 aromatic rings. The van der Waals surface area contributed by atoms with E-state index in [1.54, 1.807) is 36.7 Å². The number of carbonyl (C=O) groups is 1. The molecule has 0 fully saturated rings. The summed E-state index contributed by atoms with van der Waals surface area (Å²) in [7, 11) is 0. The van der Waals surface area contributed by atoms with E-state index < -0.39 is 0 Å². The van der Waals surface area contributed by atoms with Crippen LogP contribution in [0.15, 0.2) is 51.9 Å². The smallest absolute Gasteiger partial charge is 0.339 e. The van der Waals surface area contributed by atoms with Crippen LogP contribution in [0.5, 0.6) is 5.75 Å². The molecule has 0 spiro atoms. The number of ether oxygens (including phenoxy) is 1. The van der Waals surface area contributed by atoms with E-state index in [0.29, 0.717) is 17.0 Å². The van der Waals surface area contributed by atoms with Gasteiger partial charge in [-0.3, -0.25) is 9.78 Å². The molecular weight excluding hydrogens is 332 g/mol. The Labute approximate surface area is 149 Å². The Hall–Kier alpha value is -3.15. The van der Waals surface area contributed by atoms with Gasteiger partial charge in [-0.2, -0.15) is 0 Å². The first kappa shape index (κ1) is 16.3. The normalized spacial score (nSPS) is 13.2. The number of carbonyl (C=O) groups excluding carboxylic acids is 1. The van der Waals surface area contributed by atoms with Gasteiger partial charge in [0.1, 0.15) is 11.3 Å². The van der Waals surface area contributed by atoms with Crippen LogP contribution in [-0.4, -0.2) is 17.5 Å². The number of hydrogen-bond acceptors (Lipinski definition) is 5. The zero-order valence-corrected chi connectivity index (χ0v) is 14.2. The lowest BCUT2D eigenvalue weighted by Gasteiger charge is -2.16. The van der Waals surface area contributed by atoms with Gasteiger partial charge in [-0.1, -0.05) is 0 Å². The number of nitrogens with one attached hydrogen (secondary N) is 1. The van der Waals surface area contributed by atoms with Gasteiger partial charge in [0.2, 0.25) is 0 Å². The minimum Gasteiger partial charge on any atom is -0.484 e. The van der Waals surface area contributed by atoms with Crippen LogP contribution in [0, 0.1) is 0 Å². The van der Waals surface area contributed by atoms with Crippen LogP contribution in [0.2, 0.25) is 0 Å². The monoisotopic (exact) mass is 350 g/mol. The summed E-state index contributed by atoms with van der Waals surface area (Å²) in [6.07, 6.45) is 6.97. The molecule has 0 saturated carbocycles. The van der Waals surface area contributed by atoms with Crippen molar-refractivity contribution in [2.45, 2.75) is 25.7 Å². The summed E-state index contributed by atoms with van der Waals surface area (Å²) >= 11 is 0. The third-order valence-electron chi connectivity index (χ3n) is 4.51. The standard InChI is InChI=1S/C20H18N2O4/c23-19(22-13-4-3-9-21-11-13)12-25-14-7-8-16-15-5-1-2-6-17(15)20(24)26-18(16)10-14/h3-4,7-11H,1-2,5-6,12H2,(H,22,23). The molecule has 132 valence electrons. The fourth-order valence-electron chi connectivity index (χ4n) is 3.30. The van der Waals surface area contributed by atoms with Gasteiger partial charge in [0.15, 0.2) is 6.61 Å².